The van der Waals surface area contributed by atoms with Gasteiger partial charge in [-0.2, -0.15) is 5.10 Å². The molecule has 2 amide bonds. The first kappa shape index (κ1) is 11.2. The fourth-order valence-corrected chi connectivity index (χ4v) is 1.11. The minimum Gasteiger partial charge on any atom is -0.368 e. The highest BCUT2D eigenvalue weighted by Gasteiger charge is 2.15. The van der Waals surface area contributed by atoms with Crippen molar-refractivity contribution in [3.8, 4) is 0 Å². The number of nitrogens with one attached hydrogen (secondary N) is 2. The Hall–Kier alpha value is -1.89. The van der Waals surface area contributed by atoms with Gasteiger partial charge in [0.15, 0.2) is 6.61 Å². The molecular formula is C8H12N4O3. The second-order valence-electron chi connectivity index (χ2n) is 3.00. The second-order valence-corrected chi connectivity index (χ2v) is 3.00. The maximum absolute atomic E-state index is 11.5. The molecule has 0 aromatic carbocycles. The van der Waals surface area contributed by atoms with E-state index in [1.807, 2.05) is 0 Å². The first-order valence-electron chi connectivity index (χ1n) is 4.24. The predicted molar refractivity (Wildman–Crippen MR) is 50.7 cm³/mol. The van der Waals surface area contributed by atoms with Gasteiger partial charge < -0.3 is 5.73 Å². The number of aromatic nitrogens is 2. The van der Waals surface area contributed by atoms with E-state index in [4.69, 9.17) is 5.73 Å². The maximum atomic E-state index is 11.5. The summed E-state index contributed by atoms with van der Waals surface area (Å²) in [5, 5.41) is 6.51. The standard InChI is InChI=1S/C8H12N4O3/c1-4-7(5(2)11-10-4)8(14)12-15-3-6(9)13/h3H2,1-2H3,(H2,9,13)(H,10,11)(H,12,14). The molecule has 1 heterocycles. The average molecular weight is 212 g/mol. The van der Waals surface area contributed by atoms with E-state index in [9.17, 15) is 9.59 Å². The van der Waals surface area contributed by atoms with E-state index in [1.54, 1.807) is 13.8 Å². The largest absolute Gasteiger partial charge is 0.368 e. The summed E-state index contributed by atoms with van der Waals surface area (Å²) >= 11 is 0. The Balaban J connectivity index is 2.58. The number of H-pyrrole nitrogens is 1. The number of hydrogen-bond donors (Lipinski definition) is 3. The molecule has 0 fully saturated rings. The summed E-state index contributed by atoms with van der Waals surface area (Å²) in [7, 11) is 0. The van der Waals surface area contributed by atoms with E-state index < -0.39 is 11.8 Å². The van der Waals surface area contributed by atoms with E-state index in [1.165, 1.54) is 0 Å². The van der Waals surface area contributed by atoms with Gasteiger partial charge in [0.1, 0.15) is 0 Å². The molecule has 4 N–H and O–H groups in total. The maximum Gasteiger partial charge on any atom is 0.278 e. The van der Waals surface area contributed by atoms with Crippen LogP contribution in [0.5, 0.6) is 0 Å². The van der Waals surface area contributed by atoms with E-state index in [-0.39, 0.29) is 6.61 Å². The lowest BCUT2D eigenvalue weighted by Gasteiger charge is -2.03. The number of carbonyl (C=O) groups excluding carboxylic acids is 2. The van der Waals surface area contributed by atoms with Crippen molar-refractivity contribution in [2.45, 2.75) is 13.8 Å². The summed E-state index contributed by atoms with van der Waals surface area (Å²) in [5.41, 5.74) is 8.52. The first-order chi connectivity index (χ1) is 7.02. The average Bonchev–Trinajstić information content (AvgIpc) is 2.45. The van der Waals surface area contributed by atoms with Gasteiger partial charge in [-0.3, -0.25) is 19.5 Å². The van der Waals surface area contributed by atoms with Crippen LogP contribution < -0.4 is 11.2 Å². The molecule has 1 aromatic rings. The number of carbonyl (C=O) groups is 2. The van der Waals surface area contributed by atoms with Crippen LogP contribution in [0.2, 0.25) is 0 Å². The fraction of sp³-hybridized carbons (Fsp3) is 0.375. The van der Waals surface area contributed by atoms with Crippen LogP contribution >= 0.6 is 0 Å². The van der Waals surface area contributed by atoms with Gasteiger partial charge in [0.2, 0.25) is 5.91 Å². The molecule has 7 heteroatoms. The Kier molecular flexibility index (Phi) is 3.40. The number of aryl methyl sites for hydroxylation is 2. The molecule has 82 valence electrons. The summed E-state index contributed by atoms with van der Waals surface area (Å²) in [6, 6.07) is 0. The van der Waals surface area contributed by atoms with Crippen LogP contribution in [-0.2, 0) is 9.63 Å². The number of hydroxylamine groups is 1. The Morgan fingerprint density at radius 3 is 2.67 bits per heavy atom. The minimum absolute atomic E-state index is 0.359. The molecule has 0 aliphatic rings. The summed E-state index contributed by atoms with van der Waals surface area (Å²) in [4.78, 5) is 26.4. The van der Waals surface area contributed by atoms with E-state index >= 15 is 0 Å². The Labute approximate surface area is 85.9 Å². The van der Waals surface area contributed by atoms with Gasteiger partial charge in [0, 0.05) is 5.69 Å². The third kappa shape index (κ3) is 2.78. The summed E-state index contributed by atoms with van der Waals surface area (Å²) in [5.74, 6) is -1.11. The third-order valence-electron chi connectivity index (χ3n) is 1.73. The van der Waals surface area contributed by atoms with Gasteiger partial charge in [0.05, 0.1) is 11.3 Å². The smallest absolute Gasteiger partial charge is 0.278 e. The number of amides is 2. The lowest BCUT2D eigenvalue weighted by molar-refractivity contribution is -0.124. The first-order valence-corrected chi connectivity index (χ1v) is 4.24. The molecule has 0 bridgehead atoms. The van der Waals surface area contributed by atoms with Crippen molar-refractivity contribution in [1.82, 2.24) is 15.7 Å². The van der Waals surface area contributed by atoms with E-state index in [2.05, 4.69) is 20.5 Å². The number of primary amides is 1. The number of hydrogen-bond acceptors (Lipinski definition) is 4. The second kappa shape index (κ2) is 4.56. The lowest BCUT2D eigenvalue weighted by Crippen LogP contribution is -2.29. The van der Waals surface area contributed by atoms with Crippen molar-refractivity contribution in [2.24, 2.45) is 5.73 Å². The molecular weight excluding hydrogens is 200 g/mol. The van der Waals surface area contributed by atoms with E-state index in [0.717, 1.165) is 0 Å². The number of nitrogens with two attached hydrogens (primary N) is 1. The van der Waals surface area contributed by atoms with Gasteiger partial charge in [-0.25, -0.2) is 5.48 Å². The molecule has 0 radical (unpaired) electrons. The van der Waals surface area contributed by atoms with Crippen LogP contribution in [0.4, 0.5) is 0 Å². The van der Waals surface area contributed by atoms with Gasteiger partial charge >= 0.3 is 0 Å². The Morgan fingerprint density at radius 2 is 2.20 bits per heavy atom. The molecule has 7 nitrogen and oxygen atoms in total. The number of nitrogens with zero attached hydrogens (tertiary/aromatic N) is 1. The van der Waals surface area contributed by atoms with Crippen molar-refractivity contribution in [3.63, 3.8) is 0 Å². The number of rotatable bonds is 4. The molecule has 15 heavy (non-hydrogen) atoms. The minimum atomic E-state index is -0.657. The molecule has 1 aromatic heterocycles. The monoisotopic (exact) mass is 212 g/mol. The third-order valence-corrected chi connectivity index (χ3v) is 1.73. The molecule has 0 unspecified atom stereocenters. The molecule has 0 atom stereocenters. The number of aromatic amines is 1. The molecule has 0 aliphatic carbocycles. The van der Waals surface area contributed by atoms with Crippen LogP contribution in [0.3, 0.4) is 0 Å². The molecule has 1 rings (SSSR count). The van der Waals surface area contributed by atoms with Crippen molar-refractivity contribution >= 4 is 11.8 Å². The zero-order chi connectivity index (χ0) is 11.4. The predicted octanol–water partition coefficient (Wildman–Crippen LogP) is -0.827. The zero-order valence-corrected chi connectivity index (χ0v) is 8.46. The van der Waals surface area contributed by atoms with Crippen molar-refractivity contribution in [3.05, 3.63) is 17.0 Å². The Morgan fingerprint density at radius 1 is 1.53 bits per heavy atom. The van der Waals surface area contributed by atoms with Crippen LogP contribution in [0.15, 0.2) is 0 Å². The van der Waals surface area contributed by atoms with Gasteiger partial charge in [-0.05, 0) is 13.8 Å². The highest BCUT2D eigenvalue weighted by atomic mass is 16.7. The van der Waals surface area contributed by atoms with Gasteiger partial charge in [-0.1, -0.05) is 0 Å². The van der Waals surface area contributed by atoms with Gasteiger partial charge in [0.25, 0.3) is 5.91 Å². The lowest BCUT2D eigenvalue weighted by atomic mass is 10.2. The molecule has 0 saturated heterocycles. The van der Waals surface area contributed by atoms with Crippen LogP contribution in [-0.4, -0.2) is 28.6 Å². The van der Waals surface area contributed by atoms with E-state index in [0.29, 0.717) is 17.0 Å². The quantitative estimate of drug-likeness (QED) is 0.566. The molecule has 0 spiro atoms. The molecule has 0 saturated carbocycles. The Bertz CT molecular complexity index is 366. The summed E-state index contributed by atoms with van der Waals surface area (Å²) in [6.07, 6.45) is 0. The summed E-state index contributed by atoms with van der Waals surface area (Å²) < 4.78 is 0. The normalized spacial score (nSPS) is 10.0. The topological polar surface area (TPSA) is 110 Å². The zero-order valence-electron chi connectivity index (χ0n) is 8.46. The van der Waals surface area contributed by atoms with Crippen LogP contribution in [0.25, 0.3) is 0 Å². The molecule has 0 aliphatic heterocycles. The van der Waals surface area contributed by atoms with Crippen molar-refractivity contribution in [2.75, 3.05) is 6.61 Å². The highest BCUT2D eigenvalue weighted by molar-refractivity contribution is 5.95. The van der Waals surface area contributed by atoms with Crippen molar-refractivity contribution < 1.29 is 14.4 Å². The van der Waals surface area contributed by atoms with Crippen LogP contribution in [0, 0.1) is 13.8 Å². The summed E-state index contributed by atoms with van der Waals surface area (Å²) in [6.45, 7) is 3.04. The van der Waals surface area contributed by atoms with Crippen molar-refractivity contribution in [1.29, 1.82) is 0 Å². The van der Waals surface area contributed by atoms with Gasteiger partial charge in [-0.15, -0.1) is 0 Å². The highest BCUT2D eigenvalue weighted by Crippen LogP contribution is 2.08. The SMILES string of the molecule is Cc1n[nH]c(C)c1C(=O)NOCC(N)=O. The fourth-order valence-electron chi connectivity index (χ4n) is 1.11. The van der Waals surface area contributed by atoms with Crippen LogP contribution in [0.1, 0.15) is 21.7 Å².